The molecule has 0 saturated carbocycles. The number of morpholine rings is 1. The van der Waals surface area contributed by atoms with Crippen molar-refractivity contribution in [3.05, 3.63) is 107 Å². The molecule has 2 aliphatic heterocycles. The number of ether oxygens (including phenoxy) is 2. The number of nitrogens with two attached hydrogens (primary N) is 1. The second kappa shape index (κ2) is 21.9. The normalized spacial score (nSPS) is 14.9. The predicted octanol–water partition coefficient (Wildman–Crippen LogP) is 6.62. The molecule has 4 heterocycles. The molecule has 0 unspecified atom stereocenters. The molecule has 0 bridgehead atoms. The van der Waals surface area contributed by atoms with E-state index < -0.39 is 42.0 Å². The van der Waals surface area contributed by atoms with E-state index in [1.54, 1.807) is 23.1 Å². The Hall–Kier alpha value is -6.39. The second-order valence-electron chi connectivity index (χ2n) is 13.7. The number of piperidine rings is 1. The molecule has 62 heavy (non-hydrogen) atoms. The predicted molar refractivity (Wildman–Crippen MR) is 208 cm³/mol. The van der Waals surface area contributed by atoms with Gasteiger partial charge in [0.2, 0.25) is 5.88 Å². The highest BCUT2D eigenvalue weighted by atomic mass is 19.4. The number of urea groups is 1. The number of aryl methyl sites for hydroxylation is 1. The van der Waals surface area contributed by atoms with Crippen LogP contribution < -0.4 is 20.7 Å². The van der Waals surface area contributed by atoms with Gasteiger partial charge in [0.25, 0.3) is 5.91 Å². The molecule has 6 rings (SSSR count). The van der Waals surface area contributed by atoms with Crippen molar-refractivity contribution in [1.82, 2.24) is 19.8 Å². The fourth-order valence-electron chi connectivity index (χ4n) is 6.09. The van der Waals surface area contributed by atoms with E-state index in [9.17, 15) is 40.3 Å². The molecule has 2 saturated heterocycles. The fourth-order valence-corrected chi connectivity index (χ4v) is 6.09. The van der Waals surface area contributed by atoms with Gasteiger partial charge >= 0.3 is 30.3 Å². The summed E-state index contributed by atoms with van der Waals surface area (Å²) in [5.41, 5.74) is 9.49. The second-order valence-corrected chi connectivity index (χ2v) is 13.7. The third-order valence-electron chi connectivity index (χ3n) is 9.20. The molecule has 0 atom stereocenters. The van der Waals surface area contributed by atoms with Gasteiger partial charge in [0.05, 0.1) is 25.1 Å². The van der Waals surface area contributed by atoms with Crippen molar-refractivity contribution in [2.45, 2.75) is 51.2 Å². The van der Waals surface area contributed by atoms with Crippen LogP contribution in [0.5, 0.6) is 11.6 Å². The van der Waals surface area contributed by atoms with Crippen molar-refractivity contribution < 1.29 is 69.6 Å². The van der Waals surface area contributed by atoms with Gasteiger partial charge in [-0.3, -0.25) is 19.5 Å². The Kier molecular flexibility index (Phi) is 17.1. The molecule has 2 fully saturated rings. The average Bonchev–Trinajstić information content (AvgIpc) is 3.21. The van der Waals surface area contributed by atoms with Gasteiger partial charge in [0, 0.05) is 62.8 Å². The number of likely N-dealkylation sites (tertiary alicyclic amines) is 1. The number of benzene rings is 2. The number of alkyl halides is 6. The third-order valence-corrected chi connectivity index (χ3v) is 9.20. The highest BCUT2D eigenvalue weighted by Crippen LogP contribution is 2.28. The number of hydrogen-bond donors (Lipinski definition) is 4. The molecule has 2 aliphatic rings. The van der Waals surface area contributed by atoms with E-state index in [-0.39, 0.29) is 11.7 Å². The number of carbonyl (C=O) groups excluding carboxylic acids is 2. The first-order chi connectivity index (χ1) is 29.2. The lowest BCUT2D eigenvalue weighted by atomic mass is 10.0. The smallest absolute Gasteiger partial charge is 0.475 e. The Morgan fingerprint density at radius 1 is 0.855 bits per heavy atom. The maximum atomic E-state index is 14.3. The zero-order valence-corrected chi connectivity index (χ0v) is 33.0. The Morgan fingerprint density at radius 3 is 1.97 bits per heavy atom. The number of primary amides is 1. The number of aliphatic carboxylic acids is 2. The standard InChI is InChI=1S/C36H40FN7O4.2C2HF3O2/c1-25-27(7-12-34(40-25)48-32-9-5-26(6-10-32)23-43-17-19-47-20-18-43)24-42-15-13-30(14-16-42)44(31-4-2-3-28(37)21-31)36(46)41-29-8-11-33(35(38)45)39-22-29;2*3-2(4,5)1(6)7/h2-12,21-22,30H,13-20,23-24H2,1H3,(H2,38,45)(H,41,46);2*(H,6,7). The average molecular weight is 882 g/mol. The molecular weight excluding hydrogens is 839 g/mol. The highest BCUT2D eigenvalue weighted by Gasteiger charge is 2.39. The van der Waals surface area contributed by atoms with Crippen molar-refractivity contribution in [3.63, 3.8) is 0 Å². The lowest BCUT2D eigenvalue weighted by Gasteiger charge is -2.38. The number of halogens is 7. The largest absolute Gasteiger partial charge is 0.490 e. The first-order valence-electron chi connectivity index (χ1n) is 18.7. The summed E-state index contributed by atoms with van der Waals surface area (Å²) in [6.07, 6.45) is -7.41. The molecule has 2 aromatic carbocycles. The lowest BCUT2D eigenvalue weighted by molar-refractivity contribution is -0.193. The molecule has 5 N–H and O–H groups in total. The molecule has 2 aromatic heterocycles. The lowest BCUT2D eigenvalue weighted by Crippen LogP contribution is -2.49. The van der Waals surface area contributed by atoms with Gasteiger partial charge in [0.1, 0.15) is 17.3 Å². The fraction of sp³-hybridized carbons (Fsp3) is 0.350. The van der Waals surface area contributed by atoms with Crippen molar-refractivity contribution in [3.8, 4) is 11.6 Å². The summed E-state index contributed by atoms with van der Waals surface area (Å²) in [4.78, 5) is 57.8. The number of hydrogen-bond acceptors (Lipinski definition) is 10. The number of anilines is 2. The van der Waals surface area contributed by atoms with Crippen LogP contribution in [0.2, 0.25) is 0 Å². The van der Waals surface area contributed by atoms with Crippen LogP contribution in [0.3, 0.4) is 0 Å². The van der Waals surface area contributed by atoms with Gasteiger partial charge in [-0.25, -0.2) is 28.7 Å². The molecule has 0 aliphatic carbocycles. The van der Waals surface area contributed by atoms with Crippen LogP contribution in [0.25, 0.3) is 0 Å². The summed E-state index contributed by atoms with van der Waals surface area (Å²) < 4.78 is 89.2. The molecule has 22 heteroatoms. The number of pyridine rings is 2. The zero-order chi connectivity index (χ0) is 45.6. The summed E-state index contributed by atoms with van der Waals surface area (Å²) in [7, 11) is 0. The van der Waals surface area contributed by atoms with E-state index in [0.29, 0.717) is 36.6 Å². The minimum absolute atomic E-state index is 0.0972. The van der Waals surface area contributed by atoms with E-state index in [1.165, 1.54) is 30.0 Å². The summed E-state index contributed by atoms with van der Waals surface area (Å²) in [5, 5.41) is 17.1. The van der Waals surface area contributed by atoms with Crippen molar-refractivity contribution in [1.29, 1.82) is 0 Å². The Labute approximate surface area is 349 Å². The van der Waals surface area contributed by atoms with Crippen LogP contribution in [0.15, 0.2) is 79.0 Å². The first kappa shape index (κ1) is 48.3. The molecule has 0 spiro atoms. The van der Waals surface area contributed by atoms with Gasteiger partial charge in [-0.15, -0.1) is 0 Å². The van der Waals surface area contributed by atoms with E-state index >= 15 is 0 Å². The number of carbonyl (C=O) groups is 4. The van der Waals surface area contributed by atoms with Crippen LogP contribution in [-0.2, 0) is 27.4 Å². The SMILES string of the molecule is Cc1nc(Oc2ccc(CN3CCOCC3)cc2)ccc1CN1CCC(N(C(=O)Nc2ccc(C(N)=O)nc2)c2cccc(F)c2)CC1.O=C(O)C(F)(F)F.O=C(O)C(F)(F)F. The van der Waals surface area contributed by atoms with E-state index in [4.69, 9.17) is 40.0 Å². The van der Waals surface area contributed by atoms with Crippen molar-refractivity contribution in [2.75, 3.05) is 49.6 Å². The van der Waals surface area contributed by atoms with Gasteiger partial charge in [-0.05, 0) is 73.4 Å². The number of nitrogens with one attached hydrogen (secondary N) is 1. The van der Waals surface area contributed by atoms with E-state index in [2.05, 4.69) is 38.3 Å². The van der Waals surface area contributed by atoms with Crippen molar-refractivity contribution >= 4 is 35.3 Å². The molecule has 15 nitrogen and oxygen atoms in total. The number of carboxylic acid groups (broad SMARTS) is 2. The van der Waals surface area contributed by atoms with Crippen LogP contribution in [0.1, 0.15) is 40.2 Å². The van der Waals surface area contributed by atoms with E-state index in [1.807, 2.05) is 25.1 Å². The Bertz CT molecular complexity index is 2110. The number of rotatable bonds is 10. The van der Waals surface area contributed by atoms with Gasteiger partial charge in [-0.2, -0.15) is 26.3 Å². The summed E-state index contributed by atoms with van der Waals surface area (Å²) in [5.74, 6) is -5.30. The van der Waals surface area contributed by atoms with Crippen LogP contribution >= 0.6 is 0 Å². The summed E-state index contributed by atoms with van der Waals surface area (Å²) in [6, 6.07) is 20.6. The molecular formula is C40H42F7N7O8. The topological polar surface area (TPSA) is 201 Å². The van der Waals surface area contributed by atoms with E-state index in [0.717, 1.165) is 62.9 Å². The number of amides is 3. The van der Waals surface area contributed by atoms with Gasteiger partial charge in [0.15, 0.2) is 0 Å². The maximum absolute atomic E-state index is 14.3. The summed E-state index contributed by atoms with van der Waals surface area (Å²) >= 11 is 0. The highest BCUT2D eigenvalue weighted by molar-refractivity contribution is 6.02. The summed E-state index contributed by atoms with van der Waals surface area (Å²) in [6.45, 7) is 8.55. The third kappa shape index (κ3) is 15.3. The van der Waals surface area contributed by atoms with Crippen LogP contribution in [0, 0.1) is 12.7 Å². The quantitative estimate of drug-likeness (QED) is 0.124. The maximum Gasteiger partial charge on any atom is 0.490 e. The molecule has 0 radical (unpaired) electrons. The Morgan fingerprint density at radius 2 is 1.45 bits per heavy atom. The zero-order valence-electron chi connectivity index (χ0n) is 33.0. The molecule has 3 amide bonds. The Balaban J connectivity index is 0.000000521. The van der Waals surface area contributed by atoms with Crippen LogP contribution in [0.4, 0.5) is 46.9 Å². The number of aromatic nitrogens is 2. The van der Waals surface area contributed by atoms with Crippen molar-refractivity contribution in [2.24, 2.45) is 5.73 Å². The minimum Gasteiger partial charge on any atom is -0.475 e. The van der Waals surface area contributed by atoms with Gasteiger partial charge < -0.3 is 30.7 Å². The van der Waals surface area contributed by atoms with Crippen LogP contribution in [-0.4, -0.2) is 112 Å². The molecule has 4 aromatic rings. The number of carboxylic acids is 2. The monoisotopic (exact) mass is 881 g/mol. The first-order valence-corrected chi connectivity index (χ1v) is 18.7. The minimum atomic E-state index is -5.08. The van der Waals surface area contributed by atoms with Gasteiger partial charge in [-0.1, -0.05) is 24.3 Å². The molecule has 334 valence electrons. The number of nitrogens with zero attached hydrogens (tertiary/aromatic N) is 5.